The highest BCUT2D eigenvalue weighted by Gasteiger charge is 2.25. The van der Waals surface area contributed by atoms with Crippen molar-refractivity contribution in [1.29, 1.82) is 0 Å². The predicted octanol–water partition coefficient (Wildman–Crippen LogP) is 0.393. The second-order valence-corrected chi connectivity index (χ2v) is 5.14. The Labute approximate surface area is 105 Å². The van der Waals surface area contributed by atoms with Gasteiger partial charge >= 0.3 is 0 Å². The Balaban J connectivity index is 1.57. The van der Waals surface area contributed by atoms with E-state index in [9.17, 15) is 0 Å². The Kier molecular flexibility index (Phi) is 5.71. The van der Waals surface area contributed by atoms with Crippen molar-refractivity contribution >= 4 is 0 Å². The van der Waals surface area contributed by atoms with Crippen LogP contribution in [-0.2, 0) is 4.74 Å². The topological polar surface area (TPSA) is 27.7 Å². The Hall–Kier alpha value is -0.160. The van der Waals surface area contributed by atoms with Crippen molar-refractivity contribution in [2.75, 3.05) is 59.0 Å². The van der Waals surface area contributed by atoms with Gasteiger partial charge in [-0.05, 0) is 19.4 Å². The molecular weight excluding hydrogens is 214 g/mol. The minimum absolute atomic E-state index is 0.800. The first-order valence-electron chi connectivity index (χ1n) is 7.15. The van der Waals surface area contributed by atoms with Gasteiger partial charge in [-0.15, -0.1) is 0 Å². The fourth-order valence-electron chi connectivity index (χ4n) is 2.74. The maximum atomic E-state index is 5.55. The van der Waals surface area contributed by atoms with E-state index in [1.54, 1.807) is 0 Å². The van der Waals surface area contributed by atoms with Gasteiger partial charge in [0.1, 0.15) is 0 Å². The standard InChI is InChI=1S/C13H27N3O/c1-2-10-17-11-9-15-5-7-16(8-6-15)13-3-4-14-12-13/h13-14H,2-12H2,1H3. The van der Waals surface area contributed by atoms with E-state index in [0.717, 1.165) is 32.2 Å². The first-order chi connectivity index (χ1) is 8.40. The monoisotopic (exact) mass is 241 g/mol. The van der Waals surface area contributed by atoms with Crippen molar-refractivity contribution in [1.82, 2.24) is 15.1 Å². The van der Waals surface area contributed by atoms with Gasteiger partial charge in [-0.3, -0.25) is 9.80 Å². The molecule has 0 spiro atoms. The third kappa shape index (κ3) is 4.21. The van der Waals surface area contributed by atoms with Gasteiger partial charge < -0.3 is 10.1 Å². The number of hydrogen-bond acceptors (Lipinski definition) is 4. The third-order valence-corrected chi connectivity index (χ3v) is 3.86. The Bertz CT molecular complexity index is 199. The van der Waals surface area contributed by atoms with Crippen molar-refractivity contribution in [3.63, 3.8) is 0 Å². The van der Waals surface area contributed by atoms with Gasteiger partial charge in [-0.2, -0.15) is 0 Å². The molecule has 2 aliphatic heterocycles. The zero-order valence-electron chi connectivity index (χ0n) is 11.2. The summed E-state index contributed by atoms with van der Waals surface area (Å²) in [5, 5.41) is 3.45. The van der Waals surface area contributed by atoms with Crippen molar-refractivity contribution in [3.05, 3.63) is 0 Å². The highest BCUT2D eigenvalue weighted by atomic mass is 16.5. The molecule has 1 unspecified atom stereocenters. The molecule has 2 saturated heterocycles. The first kappa shape index (κ1) is 13.3. The zero-order valence-corrected chi connectivity index (χ0v) is 11.2. The smallest absolute Gasteiger partial charge is 0.0593 e. The highest BCUT2D eigenvalue weighted by Crippen LogP contribution is 2.11. The molecule has 0 aromatic carbocycles. The molecule has 0 aromatic heterocycles. The Morgan fingerprint density at radius 1 is 1.18 bits per heavy atom. The number of rotatable bonds is 6. The van der Waals surface area contributed by atoms with E-state index >= 15 is 0 Å². The minimum atomic E-state index is 0.800. The lowest BCUT2D eigenvalue weighted by molar-refractivity contribution is 0.0642. The molecular formula is C13H27N3O. The minimum Gasteiger partial charge on any atom is -0.380 e. The molecule has 0 aliphatic carbocycles. The quantitative estimate of drug-likeness (QED) is 0.681. The molecule has 100 valence electrons. The van der Waals surface area contributed by atoms with Crippen LogP contribution < -0.4 is 5.32 Å². The van der Waals surface area contributed by atoms with Crippen molar-refractivity contribution in [3.8, 4) is 0 Å². The molecule has 2 rings (SSSR count). The normalized spacial score (nSPS) is 27.7. The largest absolute Gasteiger partial charge is 0.380 e. The first-order valence-corrected chi connectivity index (χ1v) is 7.15. The van der Waals surface area contributed by atoms with Crippen LogP contribution in [0.1, 0.15) is 19.8 Å². The Morgan fingerprint density at radius 3 is 2.65 bits per heavy atom. The molecule has 17 heavy (non-hydrogen) atoms. The molecule has 0 saturated carbocycles. The van der Waals surface area contributed by atoms with Crippen LogP contribution in [0.4, 0.5) is 0 Å². The summed E-state index contributed by atoms with van der Waals surface area (Å²) in [5.74, 6) is 0. The SMILES string of the molecule is CCCOCCN1CCN(C2CCNC2)CC1. The fourth-order valence-corrected chi connectivity index (χ4v) is 2.74. The summed E-state index contributed by atoms with van der Waals surface area (Å²) in [6.45, 7) is 12.4. The molecule has 4 nitrogen and oxygen atoms in total. The summed E-state index contributed by atoms with van der Waals surface area (Å²) in [5.41, 5.74) is 0. The van der Waals surface area contributed by atoms with E-state index in [0.29, 0.717) is 0 Å². The number of nitrogens with zero attached hydrogens (tertiary/aromatic N) is 2. The van der Waals surface area contributed by atoms with Crippen LogP contribution >= 0.6 is 0 Å². The number of piperazine rings is 1. The zero-order chi connectivity index (χ0) is 11.9. The molecule has 4 heteroatoms. The predicted molar refractivity (Wildman–Crippen MR) is 70.4 cm³/mol. The fraction of sp³-hybridized carbons (Fsp3) is 1.00. The summed E-state index contributed by atoms with van der Waals surface area (Å²) >= 11 is 0. The summed E-state index contributed by atoms with van der Waals surface area (Å²) in [6, 6.07) is 0.800. The van der Waals surface area contributed by atoms with Crippen molar-refractivity contribution < 1.29 is 4.74 Å². The molecule has 0 radical (unpaired) electrons. The molecule has 0 aromatic rings. The van der Waals surface area contributed by atoms with E-state index in [1.807, 2.05) is 0 Å². The van der Waals surface area contributed by atoms with Crippen LogP contribution in [0.5, 0.6) is 0 Å². The van der Waals surface area contributed by atoms with Crippen LogP contribution in [0, 0.1) is 0 Å². The molecule has 0 amide bonds. The van der Waals surface area contributed by atoms with E-state index in [-0.39, 0.29) is 0 Å². The van der Waals surface area contributed by atoms with Crippen molar-refractivity contribution in [2.45, 2.75) is 25.8 Å². The number of hydrogen-bond donors (Lipinski definition) is 1. The van der Waals surface area contributed by atoms with Crippen molar-refractivity contribution in [2.24, 2.45) is 0 Å². The lowest BCUT2D eigenvalue weighted by Crippen LogP contribution is -2.51. The van der Waals surface area contributed by atoms with E-state index in [4.69, 9.17) is 4.74 Å². The van der Waals surface area contributed by atoms with E-state index in [2.05, 4.69) is 22.0 Å². The van der Waals surface area contributed by atoms with Gasteiger partial charge in [-0.1, -0.05) is 6.92 Å². The molecule has 2 heterocycles. The second-order valence-electron chi connectivity index (χ2n) is 5.14. The van der Waals surface area contributed by atoms with Crippen LogP contribution in [-0.4, -0.2) is 74.9 Å². The average Bonchev–Trinajstić information content (AvgIpc) is 2.89. The van der Waals surface area contributed by atoms with Crippen LogP contribution in [0.15, 0.2) is 0 Å². The summed E-state index contributed by atoms with van der Waals surface area (Å²) < 4.78 is 5.55. The lowest BCUT2D eigenvalue weighted by atomic mass is 10.2. The Morgan fingerprint density at radius 2 is 2.00 bits per heavy atom. The average molecular weight is 241 g/mol. The van der Waals surface area contributed by atoms with Gasteiger partial charge in [0.05, 0.1) is 6.61 Å². The molecule has 2 aliphatic rings. The molecule has 1 atom stereocenters. The summed E-state index contributed by atoms with van der Waals surface area (Å²) in [4.78, 5) is 5.19. The van der Waals surface area contributed by atoms with Crippen LogP contribution in [0.2, 0.25) is 0 Å². The van der Waals surface area contributed by atoms with Gasteiger partial charge in [0.2, 0.25) is 0 Å². The van der Waals surface area contributed by atoms with E-state index < -0.39 is 0 Å². The number of ether oxygens (including phenoxy) is 1. The molecule has 1 N–H and O–H groups in total. The lowest BCUT2D eigenvalue weighted by Gasteiger charge is -2.37. The van der Waals surface area contributed by atoms with Gasteiger partial charge in [0, 0.05) is 51.9 Å². The van der Waals surface area contributed by atoms with Gasteiger partial charge in [-0.25, -0.2) is 0 Å². The van der Waals surface area contributed by atoms with Gasteiger partial charge in [0.15, 0.2) is 0 Å². The van der Waals surface area contributed by atoms with Crippen LogP contribution in [0.25, 0.3) is 0 Å². The summed E-state index contributed by atoms with van der Waals surface area (Å²) in [7, 11) is 0. The maximum absolute atomic E-state index is 5.55. The summed E-state index contributed by atoms with van der Waals surface area (Å²) in [6.07, 6.45) is 2.46. The second kappa shape index (κ2) is 7.31. The molecule has 0 bridgehead atoms. The van der Waals surface area contributed by atoms with Crippen LogP contribution in [0.3, 0.4) is 0 Å². The number of nitrogens with one attached hydrogen (secondary N) is 1. The maximum Gasteiger partial charge on any atom is 0.0593 e. The van der Waals surface area contributed by atoms with Gasteiger partial charge in [0.25, 0.3) is 0 Å². The molecule has 2 fully saturated rings. The van der Waals surface area contributed by atoms with E-state index in [1.165, 1.54) is 45.7 Å². The third-order valence-electron chi connectivity index (χ3n) is 3.86. The highest BCUT2D eigenvalue weighted by molar-refractivity contribution is 4.84.